The highest BCUT2D eigenvalue weighted by Crippen LogP contribution is 2.41. The first-order valence-electron chi connectivity index (χ1n) is 6.91. The predicted molar refractivity (Wildman–Crippen MR) is 77.2 cm³/mol. The average Bonchev–Trinajstić information content (AvgIpc) is 2.57. The zero-order valence-electron chi connectivity index (χ0n) is 12.6. The first-order chi connectivity index (χ1) is 9.25. The molecule has 1 atom stereocenters. The second kappa shape index (κ2) is 5.09. The smallest absolute Gasteiger partial charge is 0.410 e. The Labute approximate surface area is 120 Å². The van der Waals surface area contributed by atoms with Gasteiger partial charge in [-0.1, -0.05) is 44.2 Å². The molecule has 1 N–H and O–H groups in total. The van der Waals surface area contributed by atoms with Crippen molar-refractivity contribution in [2.45, 2.75) is 45.9 Å². The number of aliphatic hydroxyl groups is 1. The molecule has 4 heteroatoms. The molecule has 0 aliphatic carbocycles. The van der Waals surface area contributed by atoms with E-state index >= 15 is 0 Å². The fourth-order valence-corrected chi connectivity index (χ4v) is 2.90. The maximum atomic E-state index is 12.3. The van der Waals surface area contributed by atoms with Crippen LogP contribution in [0, 0.1) is 5.41 Å². The number of benzene rings is 1. The fourth-order valence-electron chi connectivity index (χ4n) is 2.90. The Morgan fingerprint density at radius 3 is 2.40 bits per heavy atom. The van der Waals surface area contributed by atoms with Crippen LogP contribution >= 0.6 is 0 Å². The number of likely N-dealkylation sites (tertiary alicyclic amines) is 1. The second-order valence-corrected chi connectivity index (χ2v) is 6.67. The van der Waals surface area contributed by atoms with Gasteiger partial charge in [0.2, 0.25) is 0 Å². The van der Waals surface area contributed by atoms with E-state index in [4.69, 9.17) is 4.74 Å². The highest BCUT2D eigenvalue weighted by Gasteiger charge is 2.53. The van der Waals surface area contributed by atoms with E-state index < -0.39 is 11.6 Å². The van der Waals surface area contributed by atoms with Crippen LogP contribution in [-0.2, 0) is 11.3 Å². The summed E-state index contributed by atoms with van der Waals surface area (Å²) >= 11 is 0. The first kappa shape index (κ1) is 14.9. The molecule has 1 saturated heterocycles. The zero-order valence-corrected chi connectivity index (χ0v) is 12.6. The Kier molecular flexibility index (Phi) is 3.78. The number of nitrogens with zero attached hydrogens (tertiary/aromatic N) is 1. The van der Waals surface area contributed by atoms with Crippen molar-refractivity contribution >= 4 is 6.09 Å². The van der Waals surface area contributed by atoms with Gasteiger partial charge < -0.3 is 9.84 Å². The molecular formula is C16H23NO3. The van der Waals surface area contributed by atoms with Gasteiger partial charge in [0.15, 0.2) is 0 Å². The number of ether oxygens (including phenoxy) is 1. The zero-order chi connectivity index (χ0) is 15.0. The van der Waals surface area contributed by atoms with Gasteiger partial charge in [0.05, 0.1) is 11.6 Å². The minimum Gasteiger partial charge on any atom is -0.445 e. The molecule has 0 spiro atoms. The molecule has 4 nitrogen and oxygen atoms in total. The minimum atomic E-state index is -0.614. The fraction of sp³-hybridized carbons (Fsp3) is 0.562. The second-order valence-electron chi connectivity index (χ2n) is 6.67. The van der Waals surface area contributed by atoms with Crippen molar-refractivity contribution < 1.29 is 14.6 Å². The third kappa shape index (κ3) is 2.66. The van der Waals surface area contributed by atoms with Crippen molar-refractivity contribution in [2.75, 3.05) is 6.54 Å². The molecule has 1 aromatic carbocycles. The van der Waals surface area contributed by atoms with Crippen LogP contribution in [0.1, 0.15) is 33.3 Å². The van der Waals surface area contributed by atoms with Gasteiger partial charge in [0.25, 0.3) is 0 Å². The van der Waals surface area contributed by atoms with Crippen molar-refractivity contribution in [3.63, 3.8) is 0 Å². The van der Waals surface area contributed by atoms with Gasteiger partial charge in [-0.25, -0.2) is 4.79 Å². The van der Waals surface area contributed by atoms with Crippen LogP contribution in [0.5, 0.6) is 0 Å². The third-order valence-electron chi connectivity index (χ3n) is 4.10. The molecule has 0 radical (unpaired) electrons. The number of amides is 1. The summed E-state index contributed by atoms with van der Waals surface area (Å²) in [7, 11) is 0. The largest absolute Gasteiger partial charge is 0.445 e. The van der Waals surface area contributed by atoms with E-state index in [-0.39, 0.29) is 18.1 Å². The van der Waals surface area contributed by atoms with E-state index in [0.29, 0.717) is 6.54 Å². The molecule has 1 aromatic rings. The van der Waals surface area contributed by atoms with E-state index in [2.05, 4.69) is 0 Å². The third-order valence-corrected chi connectivity index (χ3v) is 4.10. The van der Waals surface area contributed by atoms with Crippen molar-refractivity contribution in [3.8, 4) is 0 Å². The van der Waals surface area contributed by atoms with E-state index in [9.17, 15) is 9.90 Å². The molecule has 1 amide bonds. The maximum Gasteiger partial charge on any atom is 0.410 e. The molecule has 110 valence electrons. The topological polar surface area (TPSA) is 49.8 Å². The SMILES string of the molecule is CC1(C)CN(C(=O)OCc2ccccc2)C(C)(C)C1O. The Balaban J connectivity index is 2.03. The summed E-state index contributed by atoms with van der Waals surface area (Å²) in [5, 5.41) is 10.3. The molecule has 1 heterocycles. The number of rotatable bonds is 2. The summed E-state index contributed by atoms with van der Waals surface area (Å²) in [4.78, 5) is 13.9. The van der Waals surface area contributed by atoms with Crippen LogP contribution in [-0.4, -0.2) is 34.3 Å². The van der Waals surface area contributed by atoms with Gasteiger partial charge >= 0.3 is 6.09 Å². The molecule has 1 aliphatic rings. The Morgan fingerprint density at radius 1 is 1.30 bits per heavy atom. The summed E-state index contributed by atoms with van der Waals surface area (Å²) in [5.74, 6) is 0. The molecule has 1 fully saturated rings. The van der Waals surface area contributed by atoms with E-state index in [1.807, 2.05) is 58.0 Å². The van der Waals surface area contributed by atoms with Gasteiger partial charge in [0.1, 0.15) is 6.61 Å². The highest BCUT2D eigenvalue weighted by atomic mass is 16.6. The predicted octanol–water partition coefficient (Wildman–Crippen LogP) is 2.80. The lowest BCUT2D eigenvalue weighted by Crippen LogP contribution is -2.48. The number of aliphatic hydroxyl groups excluding tert-OH is 1. The Morgan fingerprint density at radius 2 is 1.90 bits per heavy atom. The maximum absolute atomic E-state index is 12.3. The molecule has 0 aromatic heterocycles. The van der Waals surface area contributed by atoms with Gasteiger partial charge in [-0.3, -0.25) is 4.90 Å². The molecule has 20 heavy (non-hydrogen) atoms. The van der Waals surface area contributed by atoms with Crippen LogP contribution in [0.4, 0.5) is 4.79 Å². The van der Waals surface area contributed by atoms with E-state index in [1.165, 1.54) is 0 Å². The lowest BCUT2D eigenvalue weighted by molar-refractivity contribution is 0.0150. The van der Waals surface area contributed by atoms with Crippen molar-refractivity contribution in [1.82, 2.24) is 4.90 Å². The summed E-state index contributed by atoms with van der Waals surface area (Å²) in [6.45, 7) is 8.41. The van der Waals surface area contributed by atoms with Gasteiger partial charge in [-0.2, -0.15) is 0 Å². The molecular weight excluding hydrogens is 254 g/mol. The van der Waals surface area contributed by atoms with Crippen LogP contribution in [0.25, 0.3) is 0 Å². The first-order valence-corrected chi connectivity index (χ1v) is 6.91. The average molecular weight is 277 g/mol. The molecule has 2 rings (SSSR count). The number of carbonyl (C=O) groups excluding carboxylic acids is 1. The van der Waals surface area contributed by atoms with Crippen LogP contribution < -0.4 is 0 Å². The van der Waals surface area contributed by atoms with Gasteiger partial charge in [-0.15, -0.1) is 0 Å². The number of carbonyl (C=O) groups is 1. The molecule has 1 unspecified atom stereocenters. The monoisotopic (exact) mass is 277 g/mol. The number of hydrogen-bond donors (Lipinski definition) is 1. The van der Waals surface area contributed by atoms with Crippen LogP contribution in [0.15, 0.2) is 30.3 Å². The summed E-state index contributed by atoms with van der Waals surface area (Å²) in [5.41, 5.74) is 0.0182. The molecule has 1 aliphatic heterocycles. The van der Waals surface area contributed by atoms with Gasteiger partial charge in [0, 0.05) is 12.0 Å². The Hall–Kier alpha value is -1.55. The van der Waals surface area contributed by atoms with Gasteiger partial charge in [-0.05, 0) is 19.4 Å². The summed E-state index contributed by atoms with van der Waals surface area (Å²) in [6, 6.07) is 9.59. The summed E-state index contributed by atoms with van der Waals surface area (Å²) < 4.78 is 5.37. The van der Waals surface area contributed by atoms with E-state index in [0.717, 1.165) is 5.56 Å². The molecule has 0 bridgehead atoms. The Bertz CT molecular complexity index is 482. The normalized spacial score (nSPS) is 23.6. The molecule has 0 saturated carbocycles. The van der Waals surface area contributed by atoms with Crippen molar-refractivity contribution in [1.29, 1.82) is 0 Å². The van der Waals surface area contributed by atoms with Crippen molar-refractivity contribution in [3.05, 3.63) is 35.9 Å². The minimum absolute atomic E-state index is 0.253. The summed E-state index contributed by atoms with van der Waals surface area (Å²) in [6.07, 6.45) is -0.942. The van der Waals surface area contributed by atoms with Crippen molar-refractivity contribution in [2.24, 2.45) is 5.41 Å². The lowest BCUT2D eigenvalue weighted by Gasteiger charge is -2.33. The quantitative estimate of drug-likeness (QED) is 0.904. The highest BCUT2D eigenvalue weighted by molar-refractivity contribution is 5.69. The number of hydrogen-bond acceptors (Lipinski definition) is 3. The van der Waals surface area contributed by atoms with E-state index in [1.54, 1.807) is 4.90 Å². The van der Waals surface area contributed by atoms with Crippen LogP contribution in [0.3, 0.4) is 0 Å². The lowest BCUT2D eigenvalue weighted by atomic mass is 9.82. The standard InChI is InChI=1S/C16H23NO3/c1-15(2)11-17(16(3,4)13(15)18)14(19)20-10-12-8-6-5-7-9-12/h5-9,13,18H,10-11H2,1-4H3. The van der Waals surface area contributed by atoms with Crippen LogP contribution in [0.2, 0.25) is 0 Å².